The van der Waals surface area contributed by atoms with Crippen molar-refractivity contribution in [3.8, 4) is 5.75 Å². The number of azo groups is 1. The Balaban J connectivity index is 0.00000544. The summed E-state index contributed by atoms with van der Waals surface area (Å²) in [6.07, 6.45) is 7.47. The van der Waals surface area contributed by atoms with E-state index in [-0.39, 0.29) is 41.0 Å². The summed E-state index contributed by atoms with van der Waals surface area (Å²) in [6.45, 7) is 0.630. The summed E-state index contributed by atoms with van der Waals surface area (Å²) in [5.74, 6) is 0.501. The normalized spacial score (nSPS) is 11.3. The summed E-state index contributed by atoms with van der Waals surface area (Å²) in [7, 11) is -4.07. The first-order chi connectivity index (χ1) is 15.3. The maximum absolute atomic E-state index is 10.6. The van der Waals surface area contributed by atoms with E-state index in [1.165, 1.54) is 12.1 Å². The second-order valence-electron chi connectivity index (χ2n) is 7.41. The van der Waals surface area contributed by atoms with Gasteiger partial charge in [-0.2, -0.15) is 10.2 Å². The number of non-ortho nitro benzene ring substituents is 1. The van der Waals surface area contributed by atoms with E-state index >= 15 is 0 Å². The fourth-order valence-electron chi connectivity index (χ4n) is 3.00. The molecule has 9 nitrogen and oxygen atoms in total. The van der Waals surface area contributed by atoms with Crippen LogP contribution in [0.1, 0.15) is 51.4 Å². The van der Waals surface area contributed by atoms with Crippen LogP contribution in [-0.2, 0) is 10.1 Å². The number of unbranched alkanes of at least 4 members (excludes halogenated alkanes) is 7. The third-order valence-electron chi connectivity index (χ3n) is 4.74. The number of ether oxygens (including phenoxy) is 1. The van der Waals surface area contributed by atoms with E-state index in [2.05, 4.69) is 10.2 Å². The molecule has 2 aromatic carbocycles. The minimum Gasteiger partial charge on any atom is -0.748 e. The van der Waals surface area contributed by atoms with E-state index in [1.54, 1.807) is 24.3 Å². The van der Waals surface area contributed by atoms with Gasteiger partial charge in [-0.3, -0.25) is 10.1 Å². The molecular weight excluding hydrogens is 457 g/mol. The van der Waals surface area contributed by atoms with Crippen LogP contribution in [0.2, 0.25) is 0 Å². The first kappa shape index (κ1) is 29.2. The van der Waals surface area contributed by atoms with Gasteiger partial charge in [0.15, 0.2) is 0 Å². The fourth-order valence-corrected chi connectivity index (χ4v) is 3.55. The maximum atomic E-state index is 10.6. The van der Waals surface area contributed by atoms with E-state index in [9.17, 15) is 23.1 Å². The monoisotopic (exact) mass is 485 g/mol. The molecule has 0 aliphatic carbocycles. The van der Waals surface area contributed by atoms with Crippen LogP contribution in [0, 0.1) is 10.1 Å². The average Bonchev–Trinajstić information content (AvgIpc) is 2.76. The van der Waals surface area contributed by atoms with Gasteiger partial charge in [-0.15, -0.1) is 0 Å². The Labute approximate surface area is 216 Å². The molecule has 2 aromatic rings. The summed E-state index contributed by atoms with van der Waals surface area (Å²) in [5, 5.41) is 18.8. The summed E-state index contributed by atoms with van der Waals surface area (Å²) >= 11 is 0. The fraction of sp³-hybridized carbons (Fsp3) is 0.455. The van der Waals surface area contributed by atoms with Crippen molar-refractivity contribution in [3.05, 3.63) is 58.6 Å². The predicted octanol–water partition coefficient (Wildman–Crippen LogP) is 3.06. The van der Waals surface area contributed by atoms with Crippen LogP contribution in [0.3, 0.4) is 0 Å². The van der Waals surface area contributed by atoms with Crippen LogP contribution in [0.15, 0.2) is 58.8 Å². The zero-order chi connectivity index (χ0) is 23.2. The largest absolute Gasteiger partial charge is 1.00 e. The van der Waals surface area contributed by atoms with Crippen molar-refractivity contribution in [3.63, 3.8) is 0 Å². The van der Waals surface area contributed by atoms with Gasteiger partial charge in [0.1, 0.15) is 5.75 Å². The molecule has 0 N–H and O–H groups in total. The molecule has 0 fully saturated rings. The Bertz CT molecular complexity index is 967. The van der Waals surface area contributed by atoms with Crippen molar-refractivity contribution in [1.82, 2.24) is 0 Å². The quantitative estimate of drug-likeness (QED) is 0.0950. The van der Waals surface area contributed by atoms with Crippen LogP contribution in [0.25, 0.3) is 0 Å². The van der Waals surface area contributed by atoms with E-state index in [4.69, 9.17) is 4.74 Å². The van der Waals surface area contributed by atoms with Crippen LogP contribution in [0.4, 0.5) is 17.1 Å². The molecule has 0 heterocycles. The Morgan fingerprint density at radius 1 is 0.758 bits per heavy atom. The summed E-state index contributed by atoms with van der Waals surface area (Å²) < 4.78 is 37.2. The van der Waals surface area contributed by atoms with Crippen molar-refractivity contribution in [2.24, 2.45) is 10.2 Å². The van der Waals surface area contributed by atoms with Gasteiger partial charge >= 0.3 is 29.6 Å². The molecule has 0 atom stereocenters. The predicted molar refractivity (Wildman–Crippen MR) is 121 cm³/mol. The third kappa shape index (κ3) is 13.4. The Kier molecular flexibility index (Phi) is 14.1. The number of nitro benzene ring substituents is 1. The second-order valence-corrected chi connectivity index (χ2v) is 8.93. The van der Waals surface area contributed by atoms with E-state index in [0.717, 1.165) is 50.7 Å². The summed E-state index contributed by atoms with van der Waals surface area (Å²) in [4.78, 5) is 10.2. The molecule has 0 amide bonds. The van der Waals surface area contributed by atoms with E-state index < -0.39 is 15.0 Å². The molecule has 0 spiro atoms. The van der Waals surface area contributed by atoms with Crippen molar-refractivity contribution >= 4 is 27.2 Å². The van der Waals surface area contributed by atoms with Crippen molar-refractivity contribution in [2.75, 3.05) is 12.4 Å². The molecule has 0 radical (unpaired) electrons. The number of benzene rings is 2. The van der Waals surface area contributed by atoms with Gasteiger partial charge in [-0.05, 0) is 49.2 Å². The molecule has 0 aliphatic heterocycles. The van der Waals surface area contributed by atoms with E-state index in [0.29, 0.717) is 24.4 Å². The van der Waals surface area contributed by atoms with Gasteiger partial charge in [0.2, 0.25) is 0 Å². The standard InChI is InChI=1S/C22H29N3O6S.Na/c26-25(27)21-13-9-19(10-14-21)23-24-20-11-15-22(16-12-20)31-17-7-5-3-1-2-4-6-8-18-32(28,29)30;/h9-16H,1-8,17-18H2,(H,28,29,30);/q;+1/p-1. The minimum atomic E-state index is -4.07. The molecule has 0 aliphatic rings. The smallest absolute Gasteiger partial charge is 0.748 e. The number of nitro groups is 1. The van der Waals surface area contributed by atoms with Gasteiger partial charge in [-0.25, -0.2) is 8.42 Å². The number of hydrogen-bond acceptors (Lipinski definition) is 8. The molecule has 0 saturated carbocycles. The van der Waals surface area contributed by atoms with Crippen LogP contribution in [0.5, 0.6) is 5.75 Å². The number of nitrogens with zero attached hydrogens (tertiary/aromatic N) is 3. The Hall–Kier alpha value is -1.85. The molecule has 11 heteroatoms. The first-order valence-corrected chi connectivity index (χ1v) is 12.2. The van der Waals surface area contributed by atoms with Gasteiger partial charge in [-0.1, -0.05) is 38.5 Å². The van der Waals surface area contributed by atoms with Crippen LogP contribution < -0.4 is 34.3 Å². The molecule has 0 unspecified atom stereocenters. The minimum absolute atomic E-state index is 0. The maximum Gasteiger partial charge on any atom is 1.00 e. The van der Waals surface area contributed by atoms with Crippen molar-refractivity contribution in [1.29, 1.82) is 0 Å². The van der Waals surface area contributed by atoms with Gasteiger partial charge in [0.05, 0.1) is 33.0 Å². The van der Waals surface area contributed by atoms with Gasteiger partial charge in [0, 0.05) is 17.9 Å². The van der Waals surface area contributed by atoms with Gasteiger partial charge in [0.25, 0.3) is 5.69 Å². The van der Waals surface area contributed by atoms with Crippen molar-refractivity contribution < 1.29 is 52.2 Å². The van der Waals surface area contributed by atoms with E-state index in [1.807, 2.05) is 12.1 Å². The molecule has 2 rings (SSSR count). The van der Waals surface area contributed by atoms with Crippen molar-refractivity contribution in [2.45, 2.75) is 51.4 Å². The summed E-state index contributed by atoms with van der Waals surface area (Å²) in [6, 6.07) is 13.1. The summed E-state index contributed by atoms with van der Waals surface area (Å²) in [5.41, 5.74) is 1.20. The second kappa shape index (κ2) is 15.9. The molecule has 174 valence electrons. The number of hydrogen-bond donors (Lipinski definition) is 0. The van der Waals surface area contributed by atoms with Crippen LogP contribution in [-0.4, -0.2) is 30.3 Å². The SMILES string of the molecule is O=[N+]([O-])c1ccc(N=Nc2ccc(OCCCCCCCCCCS(=O)(=O)[O-])cc2)cc1.[Na+]. The third-order valence-corrected chi connectivity index (χ3v) is 5.52. The van der Waals surface area contributed by atoms with Crippen LogP contribution >= 0.6 is 0 Å². The Morgan fingerprint density at radius 3 is 1.70 bits per heavy atom. The number of rotatable bonds is 15. The average molecular weight is 486 g/mol. The zero-order valence-corrected chi connectivity index (χ0v) is 21.7. The first-order valence-electron chi connectivity index (χ1n) is 10.7. The zero-order valence-electron chi connectivity index (χ0n) is 18.9. The molecular formula is C22H28N3NaO6S. The Morgan fingerprint density at radius 2 is 1.21 bits per heavy atom. The molecule has 0 bridgehead atoms. The topological polar surface area (TPSA) is 134 Å². The molecule has 33 heavy (non-hydrogen) atoms. The van der Waals surface area contributed by atoms with Gasteiger partial charge < -0.3 is 9.29 Å². The molecule has 0 aromatic heterocycles. The molecule has 0 saturated heterocycles.